The minimum atomic E-state index is 0.199. The number of carbonyl (C=O) groups excluding carboxylic acids is 1. The van der Waals surface area contributed by atoms with Crippen LogP contribution in [0.5, 0.6) is 0 Å². The molecule has 10 heavy (non-hydrogen) atoms. The van der Waals surface area contributed by atoms with Crippen molar-refractivity contribution in [2.75, 3.05) is 5.75 Å². The Morgan fingerprint density at radius 1 is 1.60 bits per heavy atom. The zero-order valence-electron chi connectivity index (χ0n) is 6.63. The van der Waals surface area contributed by atoms with Crippen LogP contribution in [-0.2, 0) is 4.79 Å². The van der Waals surface area contributed by atoms with E-state index in [1.54, 1.807) is 6.92 Å². The van der Waals surface area contributed by atoms with Crippen LogP contribution in [0.25, 0.3) is 0 Å². The molecule has 0 N–H and O–H groups in total. The maximum atomic E-state index is 11.0. The van der Waals surface area contributed by atoms with Crippen molar-refractivity contribution in [1.82, 2.24) is 4.90 Å². The summed E-state index contributed by atoms with van der Waals surface area (Å²) in [6.07, 6.45) is 0. The second-order valence-corrected chi connectivity index (χ2v) is 4.06. The largest absolute Gasteiger partial charge is 0.328 e. The Labute approximate surface area is 66.0 Å². The lowest BCUT2D eigenvalue weighted by atomic mass is 10.3. The Morgan fingerprint density at radius 2 is 2.20 bits per heavy atom. The zero-order chi connectivity index (χ0) is 7.72. The highest BCUT2D eigenvalue weighted by molar-refractivity contribution is 8.00. The van der Waals surface area contributed by atoms with Gasteiger partial charge in [0, 0.05) is 18.7 Å². The van der Waals surface area contributed by atoms with Gasteiger partial charge in [-0.05, 0) is 13.8 Å². The lowest BCUT2D eigenvalue weighted by Crippen LogP contribution is -2.36. The molecule has 0 bridgehead atoms. The van der Waals surface area contributed by atoms with Crippen LogP contribution in [0.2, 0.25) is 0 Å². The second-order valence-electron chi connectivity index (χ2n) is 2.71. The summed E-state index contributed by atoms with van der Waals surface area (Å²) < 4.78 is 0. The van der Waals surface area contributed by atoms with Crippen LogP contribution in [0.15, 0.2) is 0 Å². The molecule has 1 aliphatic heterocycles. The fraction of sp³-hybridized carbons (Fsp3) is 0.857. The van der Waals surface area contributed by atoms with Crippen LogP contribution in [0.4, 0.5) is 0 Å². The third kappa shape index (κ3) is 1.29. The molecule has 2 unspecified atom stereocenters. The van der Waals surface area contributed by atoms with Crippen molar-refractivity contribution in [3.05, 3.63) is 0 Å². The van der Waals surface area contributed by atoms with Gasteiger partial charge in [0.25, 0.3) is 0 Å². The van der Waals surface area contributed by atoms with Crippen molar-refractivity contribution < 1.29 is 4.79 Å². The molecule has 0 aromatic rings. The van der Waals surface area contributed by atoms with Gasteiger partial charge in [-0.3, -0.25) is 4.79 Å². The van der Waals surface area contributed by atoms with Crippen molar-refractivity contribution in [2.45, 2.75) is 32.2 Å². The van der Waals surface area contributed by atoms with E-state index in [1.165, 1.54) is 0 Å². The molecule has 1 aliphatic rings. The zero-order valence-corrected chi connectivity index (χ0v) is 7.44. The van der Waals surface area contributed by atoms with E-state index in [-0.39, 0.29) is 5.91 Å². The van der Waals surface area contributed by atoms with Crippen molar-refractivity contribution in [3.63, 3.8) is 0 Å². The highest BCUT2D eigenvalue weighted by Gasteiger charge is 2.29. The summed E-state index contributed by atoms with van der Waals surface area (Å²) >= 11 is 1.85. The van der Waals surface area contributed by atoms with Crippen LogP contribution in [0.3, 0.4) is 0 Å². The summed E-state index contributed by atoms with van der Waals surface area (Å²) in [5.41, 5.74) is 0. The molecule has 2 atom stereocenters. The Hall–Kier alpha value is -0.180. The molecule has 1 fully saturated rings. The van der Waals surface area contributed by atoms with Gasteiger partial charge in [0.15, 0.2) is 0 Å². The van der Waals surface area contributed by atoms with Crippen molar-refractivity contribution >= 4 is 17.7 Å². The first-order valence-corrected chi connectivity index (χ1v) is 4.58. The van der Waals surface area contributed by atoms with E-state index < -0.39 is 0 Å². The number of hydrogen-bond acceptors (Lipinski definition) is 2. The van der Waals surface area contributed by atoms with Crippen LogP contribution < -0.4 is 0 Å². The lowest BCUT2D eigenvalue weighted by molar-refractivity contribution is -0.130. The standard InChI is InChI=1S/C7H13NOS/c1-5-4-10-7(3)8(5)6(2)9/h5,7H,4H2,1-3H3. The molecule has 1 heterocycles. The Kier molecular flexibility index (Phi) is 2.24. The fourth-order valence-corrected chi connectivity index (χ4v) is 2.60. The van der Waals surface area contributed by atoms with Gasteiger partial charge in [0.05, 0.1) is 5.37 Å². The predicted octanol–water partition coefficient (Wildman–Crippen LogP) is 1.32. The van der Waals surface area contributed by atoms with E-state index in [0.717, 1.165) is 5.75 Å². The number of nitrogens with zero attached hydrogens (tertiary/aromatic N) is 1. The molecule has 0 spiro atoms. The average Bonchev–Trinajstić information content (AvgIpc) is 2.11. The van der Waals surface area contributed by atoms with Gasteiger partial charge in [-0.2, -0.15) is 0 Å². The topological polar surface area (TPSA) is 20.3 Å². The van der Waals surface area contributed by atoms with E-state index in [9.17, 15) is 4.79 Å². The van der Waals surface area contributed by atoms with Crippen LogP contribution in [0, 0.1) is 0 Å². The van der Waals surface area contributed by atoms with Crippen molar-refractivity contribution in [2.24, 2.45) is 0 Å². The number of rotatable bonds is 0. The molecule has 2 nitrogen and oxygen atoms in total. The van der Waals surface area contributed by atoms with Crippen LogP contribution >= 0.6 is 11.8 Å². The van der Waals surface area contributed by atoms with Gasteiger partial charge >= 0.3 is 0 Å². The first-order chi connectivity index (χ1) is 4.63. The molecular formula is C7H13NOS. The van der Waals surface area contributed by atoms with Crippen LogP contribution in [0.1, 0.15) is 20.8 Å². The van der Waals surface area contributed by atoms with E-state index in [4.69, 9.17) is 0 Å². The van der Waals surface area contributed by atoms with Crippen molar-refractivity contribution in [1.29, 1.82) is 0 Å². The summed E-state index contributed by atoms with van der Waals surface area (Å²) in [4.78, 5) is 12.9. The number of amides is 1. The second kappa shape index (κ2) is 2.82. The molecule has 58 valence electrons. The maximum absolute atomic E-state index is 11.0. The van der Waals surface area contributed by atoms with E-state index in [1.807, 2.05) is 16.7 Å². The highest BCUT2D eigenvalue weighted by Crippen LogP contribution is 2.27. The average molecular weight is 159 g/mol. The lowest BCUT2D eigenvalue weighted by Gasteiger charge is -2.22. The SMILES string of the molecule is CC(=O)N1C(C)CSC1C. The first kappa shape index (κ1) is 7.92. The Bertz CT molecular complexity index is 139. The Balaban J connectivity index is 2.63. The normalized spacial score (nSPS) is 32.9. The molecule has 3 heteroatoms. The van der Waals surface area contributed by atoms with Crippen molar-refractivity contribution in [3.8, 4) is 0 Å². The molecule has 0 aromatic carbocycles. The van der Waals surface area contributed by atoms with Gasteiger partial charge < -0.3 is 4.90 Å². The number of carbonyl (C=O) groups is 1. The molecular weight excluding hydrogens is 146 g/mol. The van der Waals surface area contributed by atoms with Gasteiger partial charge in [-0.15, -0.1) is 11.8 Å². The van der Waals surface area contributed by atoms with Gasteiger partial charge in [0.1, 0.15) is 0 Å². The summed E-state index contributed by atoms with van der Waals surface area (Å²) in [5.74, 6) is 1.28. The molecule has 0 radical (unpaired) electrons. The smallest absolute Gasteiger partial charge is 0.220 e. The quantitative estimate of drug-likeness (QED) is 0.531. The minimum absolute atomic E-state index is 0.199. The third-order valence-corrected chi connectivity index (χ3v) is 3.19. The third-order valence-electron chi connectivity index (χ3n) is 1.81. The van der Waals surface area contributed by atoms with E-state index in [0.29, 0.717) is 11.4 Å². The molecule has 0 saturated carbocycles. The van der Waals surface area contributed by atoms with Gasteiger partial charge in [-0.1, -0.05) is 0 Å². The highest BCUT2D eigenvalue weighted by atomic mass is 32.2. The van der Waals surface area contributed by atoms with Crippen LogP contribution in [-0.4, -0.2) is 28.0 Å². The first-order valence-electron chi connectivity index (χ1n) is 3.53. The minimum Gasteiger partial charge on any atom is -0.328 e. The van der Waals surface area contributed by atoms with Gasteiger partial charge in [-0.25, -0.2) is 0 Å². The Morgan fingerprint density at radius 3 is 2.40 bits per heavy atom. The monoisotopic (exact) mass is 159 g/mol. The maximum Gasteiger partial charge on any atom is 0.220 e. The van der Waals surface area contributed by atoms with E-state index in [2.05, 4.69) is 13.8 Å². The fourth-order valence-electron chi connectivity index (χ4n) is 1.36. The van der Waals surface area contributed by atoms with Gasteiger partial charge in [0.2, 0.25) is 5.91 Å². The number of hydrogen-bond donors (Lipinski definition) is 0. The molecule has 0 aromatic heterocycles. The summed E-state index contributed by atoms with van der Waals surface area (Å²) in [7, 11) is 0. The predicted molar refractivity (Wildman–Crippen MR) is 43.9 cm³/mol. The molecule has 1 rings (SSSR count). The molecule has 1 amide bonds. The summed E-state index contributed by atoms with van der Waals surface area (Å²) in [6, 6.07) is 0.428. The molecule has 1 saturated heterocycles. The summed E-state index contributed by atoms with van der Waals surface area (Å²) in [6.45, 7) is 5.81. The summed E-state index contributed by atoms with van der Waals surface area (Å²) in [5, 5.41) is 0.382. The number of thioether (sulfide) groups is 1. The molecule has 0 aliphatic carbocycles. The van der Waals surface area contributed by atoms with E-state index >= 15 is 0 Å².